The Morgan fingerprint density at radius 1 is 1.31 bits per heavy atom. The van der Waals surface area contributed by atoms with Crippen LogP contribution >= 0.6 is 0 Å². The number of aromatic hydroxyl groups is 1. The Kier molecular flexibility index (Phi) is 3.84. The van der Waals surface area contributed by atoms with Crippen LogP contribution in [-0.4, -0.2) is 21.8 Å². The molecule has 1 heterocycles. The van der Waals surface area contributed by atoms with Crippen LogP contribution in [0.2, 0.25) is 0 Å². The van der Waals surface area contributed by atoms with E-state index in [9.17, 15) is 15.0 Å². The zero-order chi connectivity index (χ0) is 18.9. The second-order valence-corrected chi connectivity index (χ2v) is 9.32. The number of unbranched alkanes of at least 4 members (excludes halogenated alkanes) is 2. The molecular weight excluding hydrogens is 328 g/mol. The fraction of sp³-hybridized carbons (Fsp3) is 0.682. The zero-order valence-electron chi connectivity index (χ0n) is 16.3. The van der Waals surface area contributed by atoms with Crippen LogP contribution in [0.5, 0.6) is 11.5 Å². The monoisotopic (exact) mass is 358 g/mol. The van der Waals surface area contributed by atoms with Gasteiger partial charge >= 0.3 is 5.97 Å². The van der Waals surface area contributed by atoms with E-state index in [4.69, 9.17) is 4.74 Å². The molecule has 3 aliphatic rings. The molecule has 2 fully saturated rings. The van der Waals surface area contributed by atoms with Gasteiger partial charge in [0.05, 0.1) is 0 Å². The molecular formula is C22H30O4. The summed E-state index contributed by atoms with van der Waals surface area (Å²) in [5, 5.41) is 20.8. The molecule has 4 heteroatoms. The van der Waals surface area contributed by atoms with Crippen LogP contribution in [0.1, 0.15) is 87.2 Å². The molecule has 1 aromatic carbocycles. The van der Waals surface area contributed by atoms with Gasteiger partial charge < -0.3 is 14.9 Å². The molecule has 2 N–H and O–H groups in total. The molecule has 4 rings (SSSR count). The number of fused-ring (bicyclic) bond motifs is 2. The predicted molar refractivity (Wildman–Crippen MR) is 100 cm³/mol. The lowest BCUT2D eigenvalue weighted by atomic mass is 9.45. The van der Waals surface area contributed by atoms with E-state index in [0.717, 1.165) is 43.4 Å². The average Bonchev–Trinajstić information content (AvgIpc) is 2.88. The summed E-state index contributed by atoms with van der Waals surface area (Å²) in [6.07, 6.45) is 5.90. The van der Waals surface area contributed by atoms with Crippen LogP contribution in [0.3, 0.4) is 0 Å². The number of carboxylic acid groups (broad SMARTS) is 1. The van der Waals surface area contributed by atoms with Gasteiger partial charge in [0, 0.05) is 17.4 Å². The highest BCUT2D eigenvalue weighted by Gasteiger charge is 2.69. The van der Waals surface area contributed by atoms with Gasteiger partial charge in [0.1, 0.15) is 22.7 Å². The van der Waals surface area contributed by atoms with Crippen molar-refractivity contribution in [3.8, 4) is 11.5 Å². The molecule has 2 saturated carbocycles. The normalized spacial score (nSPS) is 33.0. The molecule has 0 saturated heterocycles. The van der Waals surface area contributed by atoms with Gasteiger partial charge in [-0.15, -0.1) is 0 Å². The molecule has 1 aromatic rings. The minimum atomic E-state index is -1.04. The second-order valence-electron chi connectivity index (χ2n) is 9.32. The van der Waals surface area contributed by atoms with Gasteiger partial charge in [0.2, 0.25) is 0 Å². The zero-order valence-corrected chi connectivity index (χ0v) is 16.3. The Morgan fingerprint density at radius 2 is 2.04 bits per heavy atom. The van der Waals surface area contributed by atoms with E-state index in [1.807, 2.05) is 6.07 Å². The third-order valence-corrected chi connectivity index (χ3v) is 7.51. The van der Waals surface area contributed by atoms with Crippen molar-refractivity contribution in [2.45, 2.75) is 77.7 Å². The smallest absolute Gasteiger partial charge is 0.339 e. The van der Waals surface area contributed by atoms with Crippen LogP contribution in [0.4, 0.5) is 0 Å². The lowest BCUT2D eigenvalue weighted by Crippen LogP contribution is -2.59. The third-order valence-electron chi connectivity index (χ3n) is 7.51. The summed E-state index contributed by atoms with van der Waals surface area (Å²) in [4.78, 5) is 11.9. The third kappa shape index (κ3) is 2.17. The number of phenols is 1. The number of ether oxygens (including phenoxy) is 1. The van der Waals surface area contributed by atoms with Crippen molar-refractivity contribution in [1.82, 2.24) is 0 Å². The molecule has 4 nitrogen and oxygen atoms in total. The molecule has 142 valence electrons. The number of benzene rings is 1. The lowest BCUT2D eigenvalue weighted by Gasteiger charge is -2.62. The van der Waals surface area contributed by atoms with E-state index in [-0.39, 0.29) is 28.2 Å². The highest BCUT2D eigenvalue weighted by Crippen LogP contribution is 2.74. The van der Waals surface area contributed by atoms with Crippen molar-refractivity contribution in [2.24, 2.45) is 17.3 Å². The lowest BCUT2D eigenvalue weighted by molar-refractivity contribution is -0.121. The summed E-state index contributed by atoms with van der Waals surface area (Å²) in [6.45, 7) is 8.84. The first-order valence-corrected chi connectivity index (χ1v) is 10.0. The van der Waals surface area contributed by atoms with Gasteiger partial charge in [-0.25, -0.2) is 4.79 Å². The molecule has 0 aromatic heterocycles. The molecule has 1 unspecified atom stereocenters. The molecule has 0 amide bonds. The first-order valence-electron chi connectivity index (χ1n) is 10.0. The highest BCUT2D eigenvalue weighted by atomic mass is 16.5. The van der Waals surface area contributed by atoms with Gasteiger partial charge in [-0.2, -0.15) is 0 Å². The average molecular weight is 358 g/mol. The molecule has 1 aliphatic heterocycles. The Hall–Kier alpha value is -1.71. The summed E-state index contributed by atoms with van der Waals surface area (Å²) < 4.78 is 6.45. The first kappa shape index (κ1) is 17.7. The number of aromatic carboxylic acids is 1. The fourth-order valence-electron chi connectivity index (χ4n) is 6.23. The van der Waals surface area contributed by atoms with E-state index in [1.165, 1.54) is 0 Å². The molecule has 0 spiro atoms. The largest absolute Gasteiger partial charge is 0.507 e. The maximum atomic E-state index is 11.9. The van der Waals surface area contributed by atoms with Crippen LogP contribution in [-0.2, 0) is 6.42 Å². The predicted octanol–water partition coefficient (Wildman–Crippen LogP) is 5.12. The maximum Gasteiger partial charge on any atom is 0.339 e. The number of hydrogen-bond acceptors (Lipinski definition) is 3. The Bertz CT molecular complexity index is 766. The van der Waals surface area contributed by atoms with Gasteiger partial charge in [-0.05, 0) is 55.6 Å². The van der Waals surface area contributed by atoms with Crippen LogP contribution in [0, 0.1) is 17.3 Å². The number of rotatable bonds is 5. The Balaban J connectivity index is 1.85. The van der Waals surface area contributed by atoms with Gasteiger partial charge in [-0.1, -0.05) is 33.6 Å². The van der Waals surface area contributed by atoms with Crippen molar-refractivity contribution in [1.29, 1.82) is 0 Å². The van der Waals surface area contributed by atoms with Crippen molar-refractivity contribution >= 4 is 5.97 Å². The summed E-state index contributed by atoms with van der Waals surface area (Å²) >= 11 is 0. The van der Waals surface area contributed by atoms with E-state index in [0.29, 0.717) is 23.8 Å². The second kappa shape index (κ2) is 5.64. The van der Waals surface area contributed by atoms with Crippen molar-refractivity contribution in [3.63, 3.8) is 0 Å². The SMILES string of the molecule is CCCCCc1cc2c(c(O)c1C(=O)O)C1[C@H]3[C@H](CC[C@@]3(C)O2)C1(C)C. The van der Waals surface area contributed by atoms with E-state index >= 15 is 0 Å². The van der Waals surface area contributed by atoms with Crippen molar-refractivity contribution in [3.05, 3.63) is 22.8 Å². The Morgan fingerprint density at radius 3 is 2.69 bits per heavy atom. The quantitative estimate of drug-likeness (QED) is 0.717. The number of carboxylic acids is 1. The minimum Gasteiger partial charge on any atom is -0.507 e. The molecule has 4 atom stereocenters. The van der Waals surface area contributed by atoms with Crippen LogP contribution < -0.4 is 4.74 Å². The van der Waals surface area contributed by atoms with Gasteiger partial charge in [-0.3, -0.25) is 0 Å². The number of aryl methyl sites for hydroxylation is 1. The minimum absolute atomic E-state index is 0.0491. The van der Waals surface area contributed by atoms with Gasteiger partial charge in [0.25, 0.3) is 0 Å². The van der Waals surface area contributed by atoms with Gasteiger partial charge in [0.15, 0.2) is 0 Å². The van der Waals surface area contributed by atoms with Crippen molar-refractivity contribution < 1.29 is 19.7 Å². The highest BCUT2D eigenvalue weighted by molar-refractivity contribution is 5.94. The molecule has 2 aliphatic carbocycles. The summed E-state index contributed by atoms with van der Waals surface area (Å²) in [6, 6.07) is 1.91. The maximum absolute atomic E-state index is 11.9. The van der Waals surface area contributed by atoms with E-state index in [2.05, 4.69) is 27.7 Å². The summed E-state index contributed by atoms with van der Waals surface area (Å²) in [7, 11) is 0. The van der Waals surface area contributed by atoms with Crippen molar-refractivity contribution in [2.75, 3.05) is 0 Å². The van der Waals surface area contributed by atoms with Crippen LogP contribution in [0.15, 0.2) is 6.07 Å². The Labute approximate surface area is 155 Å². The van der Waals surface area contributed by atoms with E-state index < -0.39 is 5.97 Å². The number of hydrogen-bond donors (Lipinski definition) is 2. The topological polar surface area (TPSA) is 66.8 Å². The molecule has 0 radical (unpaired) electrons. The fourth-order valence-corrected chi connectivity index (χ4v) is 6.23. The summed E-state index contributed by atoms with van der Waals surface area (Å²) in [5.74, 6) is 0.769. The van der Waals surface area contributed by atoms with E-state index in [1.54, 1.807) is 0 Å². The molecule has 0 bridgehead atoms. The first-order chi connectivity index (χ1) is 12.2. The standard InChI is InChI=1S/C22H30O4/c1-5-6-7-8-12-11-14-16(19(23)15(12)20(24)25)18-17-13(21(18,2)3)9-10-22(17,4)26-14/h11,13,17-18,23H,5-10H2,1-4H3,(H,24,25)/t13-,17+,18?,22+/m0/s1. The number of carbonyl (C=O) groups is 1. The van der Waals surface area contributed by atoms with Crippen LogP contribution in [0.25, 0.3) is 0 Å². The summed E-state index contributed by atoms with van der Waals surface area (Å²) in [5.41, 5.74) is 1.42. The molecule has 26 heavy (non-hydrogen) atoms.